The van der Waals surface area contributed by atoms with Crippen LogP contribution in [-0.4, -0.2) is 52.3 Å². The first-order chi connectivity index (χ1) is 16.4. The molecular weight excluding hydrogens is 433 g/mol. The predicted molar refractivity (Wildman–Crippen MR) is 126 cm³/mol. The van der Waals surface area contributed by atoms with Crippen LogP contribution in [0.2, 0.25) is 0 Å². The second-order valence-corrected chi connectivity index (χ2v) is 9.59. The first-order valence-corrected chi connectivity index (χ1v) is 11.8. The molecule has 4 amide bonds. The molecule has 0 bridgehead atoms. The number of imide groups is 1. The number of nitrogens with zero attached hydrogens (tertiary/aromatic N) is 2. The van der Waals surface area contributed by atoms with Crippen LogP contribution in [0.5, 0.6) is 0 Å². The first kappa shape index (κ1) is 22.3. The van der Waals surface area contributed by atoms with E-state index in [4.69, 9.17) is 0 Å². The Morgan fingerprint density at radius 3 is 2.29 bits per heavy atom. The molecule has 2 heterocycles. The molecule has 7 heteroatoms. The molecule has 2 fully saturated rings. The van der Waals surface area contributed by atoms with Crippen molar-refractivity contribution in [1.29, 1.82) is 0 Å². The van der Waals surface area contributed by atoms with Crippen molar-refractivity contribution >= 4 is 23.9 Å². The molecule has 176 valence electrons. The summed E-state index contributed by atoms with van der Waals surface area (Å²) in [4.78, 5) is 42.1. The van der Waals surface area contributed by atoms with Crippen LogP contribution in [0.1, 0.15) is 36.5 Å². The molecule has 2 aromatic carbocycles. The molecule has 2 aliphatic heterocycles. The monoisotopic (exact) mass is 461 g/mol. The van der Waals surface area contributed by atoms with Crippen LogP contribution in [0.3, 0.4) is 0 Å². The number of amides is 4. The Morgan fingerprint density at radius 1 is 1.03 bits per heavy atom. The molecule has 0 spiro atoms. The Labute approximate surface area is 198 Å². The zero-order valence-corrected chi connectivity index (χ0v) is 19.2. The highest BCUT2D eigenvalue weighted by molar-refractivity contribution is 6.07. The van der Waals surface area contributed by atoms with E-state index in [0.29, 0.717) is 44.3 Å². The van der Waals surface area contributed by atoms with E-state index >= 15 is 0 Å². The fraction of sp³-hybridized carbons (Fsp3) is 0.370. The van der Waals surface area contributed by atoms with E-state index in [0.717, 1.165) is 0 Å². The summed E-state index contributed by atoms with van der Waals surface area (Å²) >= 11 is 0. The molecule has 5 rings (SSSR count). The van der Waals surface area contributed by atoms with Crippen LogP contribution in [-0.2, 0) is 22.4 Å². The maximum Gasteiger partial charge on any atom is 0.325 e. The molecule has 0 aromatic heterocycles. The minimum atomic E-state index is -0.968. The summed E-state index contributed by atoms with van der Waals surface area (Å²) in [5, 5.41) is 2.98. The third-order valence-electron chi connectivity index (χ3n) is 7.58. The lowest BCUT2D eigenvalue weighted by Crippen LogP contribution is -2.54. The van der Waals surface area contributed by atoms with E-state index < -0.39 is 5.54 Å². The maximum atomic E-state index is 13.8. The number of hydrogen-bond acceptors (Lipinski definition) is 3. The van der Waals surface area contributed by atoms with Gasteiger partial charge in [-0.15, -0.1) is 0 Å². The molecule has 3 aliphatic rings. The molecule has 0 radical (unpaired) electrons. The number of nitrogens with one attached hydrogen (secondary N) is 1. The van der Waals surface area contributed by atoms with E-state index in [1.807, 2.05) is 19.1 Å². The van der Waals surface area contributed by atoms with Gasteiger partial charge in [0.05, 0.1) is 0 Å². The molecule has 0 saturated carbocycles. The minimum Gasteiger partial charge on any atom is -0.339 e. The third-order valence-corrected chi connectivity index (χ3v) is 7.58. The zero-order valence-electron chi connectivity index (χ0n) is 19.2. The molecule has 1 unspecified atom stereocenters. The number of carbonyl (C=O) groups is 3. The van der Waals surface area contributed by atoms with Gasteiger partial charge >= 0.3 is 6.03 Å². The molecule has 1 atom stereocenters. The van der Waals surface area contributed by atoms with Gasteiger partial charge in [-0.05, 0) is 61.8 Å². The number of urea groups is 1. The average Bonchev–Trinajstić information content (AvgIpc) is 3.36. The lowest BCUT2D eigenvalue weighted by atomic mass is 9.78. The highest BCUT2D eigenvalue weighted by atomic mass is 19.1. The van der Waals surface area contributed by atoms with Crippen molar-refractivity contribution in [3.05, 3.63) is 77.1 Å². The van der Waals surface area contributed by atoms with Crippen molar-refractivity contribution in [2.75, 3.05) is 13.1 Å². The van der Waals surface area contributed by atoms with Gasteiger partial charge in [-0.25, -0.2) is 9.18 Å². The summed E-state index contributed by atoms with van der Waals surface area (Å²) in [6.07, 6.45) is 5.48. The summed E-state index contributed by atoms with van der Waals surface area (Å²) in [6.45, 7) is 2.78. The number of halogens is 1. The average molecular weight is 462 g/mol. The molecule has 6 nitrogen and oxygen atoms in total. The van der Waals surface area contributed by atoms with Crippen LogP contribution in [0.4, 0.5) is 9.18 Å². The van der Waals surface area contributed by atoms with Crippen LogP contribution >= 0.6 is 0 Å². The van der Waals surface area contributed by atoms with Gasteiger partial charge in [0.2, 0.25) is 5.91 Å². The molecule has 1 aliphatic carbocycles. The van der Waals surface area contributed by atoms with Crippen molar-refractivity contribution in [2.24, 2.45) is 5.92 Å². The smallest absolute Gasteiger partial charge is 0.325 e. The Hall–Kier alpha value is -3.48. The summed E-state index contributed by atoms with van der Waals surface area (Å²) < 4.78 is 13.8. The Morgan fingerprint density at radius 2 is 1.65 bits per heavy atom. The van der Waals surface area contributed by atoms with Gasteiger partial charge in [0.1, 0.15) is 11.4 Å². The molecular formula is C27H28FN3O3. The normalized spacial score (nSPS) is 23.6. The summed E-state index contributed by atoms with van der Waals surface area (Å²) in [6, 6.07) is 13.9. The van der Waals surface area contributed by atoms with Crippen LogP contribution in [0.25, 0.3) is 6.08 Å². The van der Waals surface area contributed by atoms with Gasteiger partial charge in [0.25, 0.3) is 5.91 Å². The summed E-state index contributed by atoms with van der Waals surface area (Å²) in [7, 11) is 0. The van der Waals surface area contributed by atoms with Crippen LogP contribution in [0.15, 0.2) is 54.6 Å². The van der Waals surface area contributed by atoms with Crippen LogP contribution in [0, 0.1) is 11.7 Å². The quantitative estimate of drug-likeness (QED) is 0.559. The van der Waals surface area contributed by atoms with Gasteiger partial charge in [-0.1, -0.05) is 42.5 Å². The van der Waals surface area contributed by atoms with Gasteiger partial charge in [-0.3, -0.25) is 14.5 Å². The first-order valence-electron chi connectivity index (χ1n) is 11.8. The van der Waals surface area contributed by atoms with E-state index in [9.17, 15) is 18.8 Å². The molecule has 34 heavy (non-hydrogen) atoms. The number of hydrogen-bond donors (Lipinski definition) is 1. The highest BCUT2D eigenvalue weighted by Gasteiger charge is 2.55. The van der Waals surface area contributed by atoms with Crippen molar-refractivity contribution in [3.8, 4) is 0 Å². The SMILES string of the molecule is CC1(C2CCN(C(=O)/C=C/c3ccccc3F)CC2)NC(=O)N(C2Cc3ccccc3C2)C1=O. The summed E-state index contributed by atoms with van der Waals surface area (Å²) in [5.74, 6) is -0.778. The number of piperidine rings is 1. The zero-order chi connectivity index (χ0) is 23.9. The van der Waals surface area contributed by atoms with Gasteiger partial charge < -0.3 is 10.2 Å². The van der Waals surface area contributed by atoms with Crippen molar-refractivity contribution in [3.63, 3.8) is 0 Å². The number of fused-ring (bicyclic) bond motifs is 1. The third kappa shape index (κ3) is 3.89. The lowest BCUT2D eigenvalue weighted by molar-refractivity contribution is -0.135. The van der Waals surface area contributed by atoms with E-state index in [2.05, 4.69) is 17.4 Å². The van der Waals surface area contributed by atoms with Crippen molar-refractivity contribution < 1.29 is 18.8 Å². The maximum absolute atomic E-state index is 13.8. The standard InChI is InChI=1S/C27H28FN3O3/c1-27(25(33)31(26(34)29-27)22-16-19-7-2-3-8-20(19)17-22)21-12-14-30(15-13-21)24(32)11-10-18-6-4-5-9-23(18)28/h2-11,21-22H,12-17H2,1H3,(H,29,34)/b11-10+. The van der Waals surface area contributed by atoms with E-state index in [1.54, 1.807) is 23.1 Å². The Bertz CT molecular complexity index is 1150. The second kappa shape index (κ2) is 8.70. The molecule has 2 aromatic rings. The Balaban J connectivity index is 1.22. The van der Waals surface area contributed by atoms with Gasteiger partial charge in [0, 0.05) is 30.8 Å². The lowest BCUT2D eigenvalue weighted by Gasteiger charge is -2.38. The van der Waals surface area contributed by atoms with Crippen molar-refractivity contribution in [2.45, 2.75) is 44.2 Å². The number of carbonyl (C=O) groups excluding carboxylic acids is 3. The fourth-order valence-electron chi connectivity index (χ4n) is 5.56. The van der Waals surface area contributed by atoms with Gasteiger partial charge in [0.15, 0.2) is 0 Å². The van der Waals surface area contributed by atoms with E-state index in [-0.39, 0.29) is 35.6 Å². The van der Waals surface area contributed by atoms with E-state index in [1.165, 1.54) is 34.2 Å². The van der Waals surface area contributed by atoms with Crippen LogP contribution < -0.4 is 5.32 Å². The molecule has 2 saturated heterocycles. The number of rotatable bonds is 4. The topological polar surface area (TPSA) is 69.7 Å². The number of likely N-dealkylation sites (tertiary alicyclic amines) is 1. The van der Waals surface area contributed by atoms with Gasteiger partial charge in [-0.2, -0.15) is 0 Å². The Kier molecular flexibility index (Phi) is 5.71. The minimum absolute atomic E-state index is 0.0580. The highest BCUT2D eigenvalue weighted by Crippen LogP contribution is 2.36. The second-order valence-electron chi connectivity index (χ2n) is 9.59. The predicted octanol–water partition coefficient (Wildman–Crippen LogP) is 3.56. The molecule has 1 N–H and O–H groups in total. The van der Waals surface area contributed by atoms with Crippen molar-refractivity contribution in [1.82, 2.24) is 15.1 Å². The largest absolute Gasteiger partial charge is 0.339 e. The fourth-order valence-corrected chi connectivity index (χ4v) is 5.56. The number of benzene rings is 2. The summed E-state index contributed by atoms with van der Waals surface area (Å²) in [5.41, 5.74) is 1.78.